The molecule has 2 fully saturated rings. The minimum atomic E-state index is -5.33. The number of hydrogen-bond acceptors (Lipinski definition) is 6. The van der Waals surface area contributed by atoms with Crippen molar-refractivity contribution in [3.05, 3.63) is 166 Å². The molecule has 8 nitrogen and oxygen atoms in total. The van der Waals surface area contributed by atoms with Crippen LogP contribution >= 0.6 is 0 Å². The van der Waals surface area contributed by atoms with E-state index < -0.39 is 61.7 Å². The van der Waals surface area contributed by atoms with Gasteiger partial charge in [-0.15, -0.1) is 0 Å². The summed E-state index contributed by atoms with van der Waals surface area (Å²) in [5.74, 6) is -9.06. The fraction of sp³-hybridized carbons (Fsp3) is 0.277. The first-order valence-corrected chi connectivity index (χ1v) is 21.3. The summed E-state index contributed by atoms with van der Waals surface area (Å²) in [7, 11) is -5.33. The fourth-order valence-electron chi connectivity index (χ4n) is 7.92. The summed E-state index contributed by atoms with van der Waals surface area (Å²) in [6.07, 6.45) is 6.23. The third kappa shape index (κ3) is 9.02. The highest BCUT2D eigenvalue weighted by Gasteiger charge is 2.45. The first-order chi connectivity index (χ1) is 29.0. The lowest BCUT2D eigenvalue weighted by molar-refractivity contribution is -0.121. The zero-order chi connectivity index (χ0) is 42.4. The molecule has 1 saturated carbocycles. The Morgan fingerprint density at radius 1 is 0.733 bits per heavy atom. The van der Waals surface area contributed by atoms with Crippen LogP contribution in [0.5, 0.6) is 5.75 Å². The van der Waals surface area contributed by atoms with Crippen molar-refractivity contribution in [2.75, 3.05) is 11.4 Å². The monoisotopic (exact) mass is 840 g/mol. The Morgan fingerprint density at radius 2 is 1.35 bits per heavy atom. The third-order valence-electron chi connectivity index (χ3n) is 11.1. The first-order valence-electron chi connectivity index (χ1n) is 19.9. The van der Waals surface area contributed by atoms with E-state index in [9.17, 15) is 26.8 Å². The number of sulfonamides is 1. The van der Waals surface area contributed by atoms with Gasteiger partial charge in [0, 0.05) is 18.3 Å². The Balaban J connectivity index is 1.27. The lowest BCUT2D eigenvalue weighted by Crippen LogP contribution is -2.48. The minimum absolute atomic E-state index is 0.0156. The SMILES string of the molecule is C=Cc1c(F)c(F)c(S(=O)(=O)N2CCC[C@@H]2C(=O)N(Cc2ccc(C3CCCCC3)cc2)c2ccc(C(=O)OCc3ccccc3)c(OCc3ccccc3)c2)c(F)c1F. The van der Waals surface area contributed by atoms with Crippen LogP contribution in [0.3, 0.4) is 0 Å². The summed E-state index contributed by atoms with van der Waals surface area (Å²) in [5.41, 5.74) is 2.54. The van der Waals surface area contributed by atoms with Crippen LogP contribution in [-0.4, -0.2) is 37.2 Å². The summed E-state index contributed by atoms with van der Waals surface area (Å²) in [4.78, 5) is 27.9. The molecule has 2 aliphatic rings. The Morgan fingerprint density at radius 3 is 1.97 bits per heavy atom. The molecule has 5 aromatic carbocycles. The number of ether oxygens (including phenoxy) is 2. The molecule has 1 aliphatic heterocycles. The minimum Gasteiger partial charge on any atom is -0.488 e. The highest BCUT2D eigenvalue weighted by molar-refractivity contribution is 7.89. The predicted molar refractivity (Wildman–Crippen MR) is 220 cm³/mol. The average Bonchev–Trinajstić information content (AvgIpc) is 3.79. The number of benzene rings is 5. The van der Waals surface area contributed by atoms with Gasteiger partial charge in [0.2, 0.25) is 15.9 Å². The molecule has 0 unspecified atom stereocenters. The van der Waals surface area contributed by atoms with Crippen LogP contribution in [0, 0.1) is 23.3 Å². The molecule has 0 radical (unpaired) electrons. The van der Waals surface area contributed by atoms with Gasteiger partial charge in [0.05, 0.1) is 12.1 Å². The first kappa shape index (κ1) is 42.3. The number of esters is 1. The van der Waals surface area contributed by atoms with Crippen molar-refractivity contribution in [2.45, 2.75) is 81.6 Å². The highest BCUT2D eigenvalue weighted by atomic mass is 32.2. The van der Waals surface area contributed by atoms with Crippen molar-refractivity contribution in [3.8, 4) is 5.75 Å². The molecule has 7 rings (SSSR count). The zero-order valence-corrected chi connectivity index (χ0v) is 33.6. The summed E-state index contributed by atoms with van der Waals surface area (Å²) in [6, 6.07) is 29.1. The summed E-state index contributed by atoms with van der Waals surface area (Å²) in [5, 5.41) is 0. The maximum atomic E-state index is 15.4. The van der Waals surface area contributed by atoms with E-state index in [0.29, 0.717) is 21.9 Å². The van der Waals surface area contributed by atoms with E-state index in [4.69, 9.17) is 9.47 Å². The normalized spacial score (nSPS) is 16.0. The van der Waals surface area contributed by atoms with Gasteiger partial charge in [-0.05, 0) is 66.0 Å². The molecule has 1 saturated heterocycles. The van der Waals surface area contributed by atoms with Crippen LogP contribution in [0.1, 0.15) is 89.0 Å². The second kappa shape index (κ2) is 18.6. The van der Waals surface area contributed by atoms with Gasteiger partial charge in [-0.3, -0.25) is 4.79 Å². The molecule has 0 N–H and O–H groups in total. The molecular weight excluding hydrogens is 797 g/mol. The van der Waals surface area contributed by atoms with Crippen LogP contribution in [0.25, 0.3) is 6.08 Å². The van der Waals surface area contributed by atoms with Gasteiger partial charge in [-0.1, -0.05) is 117 Å². The van der Waals surface area contributed by atoms with E-state index in [2.05, 4.69) is 6.58 Å². The van der Waals surface area contributed by atoms with Crippen molar-refractivity contribution < 1.29 is 45.0 Å². The second-order valence-corrected chi connectivity index (χ2v) is 16.8. The summed E-state index contributed by atoms with van der Waals surface area (Å²) >= 11 is 0. The van der Waals surface area contributed by atoms with Gasteiger partial charge in [0.15, 0.2) is 28.2 Å². The molecule has 0 bridgehead atoms. The summed E-state index contributed by atoms with van der Waals surface area (Å²) in [6.45, 7) is 2.76. The van der Waals surface area contributed by atoms with E-state index in [1.165, 1.54) is 35.1 Å². The quantitative estimate of drug-likeness (QED) is 0.0628. The van der Waals surface area contributed by atoms with Crippen LogP contribution in [0.2, 0.25) is 0 Å². The standard InChI is InChI=1S/C47H44F4N2O6S/c1-2-37-41(48)43(50)45(44(51)42(37)49)60(56,57)53-26-12-19-39(53)46(54)52(28-31-20-22-35(23-21-31)34-17-10-5-11-18-34)36-24-25-38(47(55)59-30-33-15-8-4-9-16-33)40(27-36)58-29-32-13-6-3-7-14-32/h2-4,6-9,13-16,20-25,27,34,39H,1,5,10-12,17-19,26,28-30H2/t39-/m1/s1. The number of amides is 1. The van der Waals surface area contributed by atoms with Gasteiger partial charge in [-0.2, -0.15) is 4.31 Å². The number of carbonyl (C=O) groups excluding carboxylic acids is 2. The maximum Gasteiger partial charge on any atom is 0.342 e. The Labute approximate surface area is 347 Å². The molecular formula is C47H44F4N2O6S. The summed E-state index contributed by atoms with van der Waals surface area (Å²) < 4.78 is 101. The molecule has 60 heavy (non-hydrogen) atoms. The Bertz CT molecular complexity index is 2430. The molecule has 1 amide bonds. The van der Waals surface area contributed by atoms with E-state index in [1.807, 2.05) is 84.9 Å². The smallest absolute Gasteiger partial charge is 0.342 e. The van der Waals surface area contributed by atoms with Crippen LogP contribution in [0.15, 0.2) is 115 Å². The largest absolute Gasteiger partial charge is 0.488 e. The fourth-order valence-corrected chi connectivity index (χ4v) is 9.69. The van der Waals surface area contributed by atoms with E-state index in [1.54, 1.807) is 0 Å². The predicted octanol–water partition coefficient (Wildman–Crippen LogP) is 10.3. The van der Waals surface area contributed by atoms with Crippen molar-refractivity contribution in [1.82, 2.24) is 4.31 Å². The molecule has 0 aromatic heterocycles. The van der Waals surface area contributed by atoms with E-state index in [-0.39, 0.29) is 56.1 Å². The average molecular weight is 841 g/mol. The number of hydrogen-bond donors (Lipinski definition) is 0. The van der Waals surface area contributed by atoms with Crippen LogP contribution in [-0.2, 0) is 39.3 Å². The van der Waals surface area contributed by atoms with E-state index >= 15 is 8.78 Å². The van der Waals surface area contributed by atoms with Gasteiger partial charge in [0.1, 0.15) is 30.6 Å². The molecule has 1 aliphatic carbocycles. The Hall–Kier alpha value is -5.79. The topological polar surface area (TPSA) is 93.2 Å². The lowest BCUT2D eigenvalue weighted by atomic mass is 9.84. The number of anilines is 1. The molecule has 13 heteroatoms. The lowest BCUT2D eigenvalue weighted by Gasteiger charge is -2.31. The maximum absolute atomic E-state index is 15.4. The molecule has 1 atom stereocenters. The van der Waals surface area contributed by atoms with Gasteiger partial charge in [0.25, 0.3) is 0 Å². The number of nitrogens with zero attached hydrogens (tertiary/aromatic N) is 2. The molecule has 312 valence electrons. The molecule has 1 heterocycles. The van der Waals surface area contributed by atoms with Crippen molar-refractivity contribution in [1.29, 1.82) is 0 Å². The third-order valence-corrected chi connectivity index (χ3v) is 13.1. The number of halogens is 4. The van der Waals surface area contributed by atoms with Gasteiger partial charge >= 0.3 is 5.97 Å². The van der Waals surface area contributed by atoms with Crippen molar-refractivity contribution in [3.63, 3.8) is 0 Å². The molecule has 5 aromatic rings. The Kier molecular flexibility index (Phi) is 13.2. The van der Waals surface area contributed by atoms with Gasteiger partial charge in [-0.25, -0.2) is 30.8 Å². The van der Waals surface area contributed by atoms with Crippen LogP contribution in [0.4, 0.5) is 23.2 Å². The van der Waals surface area contributed by atoms with Crippen molar-refractivity contribution >= 4 is 33.7 Å². The van der Waals surface area contributed by atoms with Crippen LogP contribution < -0.4 is 9.64 Å². The van der Waals surface area contributed by atoms with E-state index in [0.717, 1.165) is 36.8 Å². The van der Waals surface area contributed by atoms with Crippen molar-refractivity contribution in [2.24, 2.45) is 0 Å². The molecule has 0 spiro atoms. The number of carbonyl (C=O) groups is 2. The second-order valence-electron chi connectivity index (χ2n) is 15.0. The highest BCUT2D eigenvalue weighted by Crippen LogP contribution is 2.37. The zero-order valence-electron chi connectivity index (χ0n) is 32.8. The number of rotatable bonds is 14. The van der Waals surface area contributed by atoms with Gasteiger partial charge < -0.3 is 14.4 Å².